The van der Waals surface area contributed by atoms with Crippen molar-refractivity contribution in [2.75, 3.05) is 0 Å². The summed E-state index contributed by atoms with van der Waals surface area (Å²) in [6.45, 7) is 5.26. The summed E-state index contributed by atoms with van der Waals surface area (Å²) in [5.74, 6) is 2.33. The predicted molar refractivity (Wildman–Crippen MR) is 56.8 cm³/mol. The van der Waals surface area contributed by atoms with Gasteiger partial charge in [0, 0.05) is 12.5 Å². The maximum Gasteiger partial charge on any atom is 0.245 e. The van der Waals surface area contributed by atoms with E-state index in [0.717, 1.165) is 0 Å². The van der Waals surface area contributed by atoms with Crippen molar-refractivity contribution in [3.63, 3.8) is 0 Å². The van der Waals surface area contributed by atoms with Crippen LogP contribution >= 0.6 is 0 Å². The third-order valence-electron chi connectivity index (χ3n) is 2.67. The number of rotatable bonds is 2. The normalized spacial score (nSPS) is 28.3. The van der Waals surface area contributed by atoms with Crippen LogP contribution in [0.1, 0.15) is 27.2 Å². The van der Waals surface area contributed by atoms with Gasteiger partial charge in [-0.2, -0.15) is 0 Å². The second-order valence-electron chi connectivity index (χ2n) is 3.91. The van der Waals surface area contributed by atoms with Gasteiger partial charge in [0.25, 0.3) is 0 Å². The van der Waals surface area contributed by atoms with Crippen molar-refractivity contribution in [2.24, 2.45) is 0 Å². The van der Waals surface area contributed by atoms with Gasteiger partial charge in [0.2, 0.25) is 11.8 Å². The van der Waals surface area contributed by atoms with Gasteiger partial charge in [0.1, 0.15) is 12.1 Å². The lowest BCUT2D eigenvalue weighted by molar-refractivity contribution is -0.150. The summed E-state index contributed by atoms with van der Waals surface area (Å²) in [5.41, 5.74) is 0. The fourth-order valence-corrected chi connectivity index (χ4v) is 1.80. The summed E-state index contributed by atoms with van der Waals surface area (Å²) in [6, 6.07) is -0.975. The van der Waals surface area contributed by atoms with Gasteiger partial charge in [0.05, 0.1) is 0 Å². The van der Waals surface area contributed by atoms with E-state index in [1.165, 1.54) is 0 Å². The molecule has 0 radical (unpaired) electrons. The monoisotopic (exact) mass is 208 g/mol. The van der Waals surface area contributed by atoms with Crippen LogP contribution in [0.5, 0.6) is 0 Å². The van der Waals surface area contributed by atoms with Crippen molar-refractivity contribution in [3.8, 4) is 12.3 Å². The summed E-state index contributed by atoms with van der Waals surface area (Å²) in [4.78, 5) is 24.9. The largest absolute Gasteiger partial charge is 0.343 e. The SMILES string of the molecule is C#CCC(C)N1C(=O)C(C)NC(=O)C1C. The van der Waals surface area contributed by atoms with E-state index in [1.54, 1.807) is 18.7 Å². The zero-order valence-corrected chi connectivity index (χ0v) is 9.28. The molecule has 1 rings (SSSR count). The van der Waals surface area contributed by atoms with Crippen LogP contribution in [-0.2, 0) is 9.59 Å². The number of nitrogens with zero attached hydrogens (tertiary/aromatic N) is 1. The van der Waals surface area contributed by atoms with Gasteiger partial charge in [-0.1, -0.05) is 0 Å². The lowest BCUT2D eigenvalue weighted by Gasteiger charge is -2.39. The first-order valence-electron chi connectivity index (χ1n) is 5.05. The van der Waals surface area contributed by atoms with Gasteiger partial charge in [-0.25, -0.2) is 0 Å². The molecular weight excluding hydrogens is 192 g/mol. The molecule has 0 saturated carbocycles. The Balaban J connectivity index is 2.87. The number of hydrogen-bond acceptors (Lipinski definition) is 2. The van der Waals surface area contributed by atoms with Gasteiger partial charge in [0.15, 0.2) is 0 Å². The van der Waals surface area contributed by atoms with E-state index in [-0.39, 0.29) is 17.9 Å². The predicted octanol–water partition coefficient (Wildman–Crippen LogP) is 0.134. The summed E-state index contributed by atoms with van der Waals surface area (Å²) in [5, 5.41) is 2.62. The van der Waals surface area contributed by atoms with E-state index in [4.69, 9.17) is 6.42 Å². The first-order valence-corrected chi connectivity index (χ1v) is 5.05. The van der Waals surface area contributed by atoms with E-state index in [0.29, 0.717) is 6.42 Å². The maximum absolute atomic E-state index is 11.8. The van der Waals surface area contributed by atoms with Crippen LogP contribution in [0.2, 0.25) is 0 Å². The number of terminal acetylenes is 1. The highest BCUT2D eigenvalue weighted by atomic mass is 16.2. The molecule has 2 amide bonds. The Labute approximate surface area is 90.0 Å². The van der Waals surface area contributed by atoms with Crippen LogP contribution in [0.3, 0.4) is 0 Å². The third-order valence-corrected chi connectivity index (χ3v) is 2.67. The standard InChI is InChI=1S/C11H16N2O2/c1-5-6-7(2)13-9(4)10(14)12-8(3)11(13)15/h1,7-9H,6H2,2-4H3,(H,12,14). The zero-order valence-electron chi connectivity index (χ0n) is 9.28. The van der Waals surface area contributed by atoms with E-state index < -0.39 is 12.1 Å². The Morgan fingerprint density at radius 3 is 2.67 bits per heavy atom. The van der Waals surface area contributed by atoms with Crippen molar-refractivity contribution in [1.82, 2.24) is 10.2 Å². The molecule has 1 heterocycles. The van der Waals surface area contributed by atoms with E-state index in [9.17, 15) is 9.59 Å². The van der Waals surface area contributed by atoms with E-state index in [1.807, 2.05) is 6.92 Å². The average Bonchev–Trinajstić information content (AvgIpc) is 2.16. The summed E-state index contributed by atoms with van der Waals surface area (Å²) in [6.07, 6.45) is 5.68. The van der Waals surface area contributed by atoms with Gasteiger partial charge in [-0.15, -0.1) is 12.3 Å². The Hall–Kier alpha value is -1.50. The van der Waals surface area contributed by atoms with Gasteiger partial charge in [-0.05, 0) is 20.8 Å². The molecule has 4 nitrogen and oxygen atoms in total. The minimum absolute atomic E-state index is 0.0650. The zero-order chi connectivity index (χ0) is 11.6. The second-order valence-corrected chi connectivity index (χ2v) is 3.91. The fourth-order valence-electron chi connectivity index (χ4n) is 1.80. The molecule has 0 aliphatic carbocycles. The maximum atomic E-state index is 11.8. The van der Waals surface area contributed by atoms with Gasteiger partial charge < -0.3 is 10.2 Å². The molecule has 82 valence electrons. The molecule has 4 heteroatoms. The van der Waals surface area contributed by atoms with Crippen LogP contribution in [0.15, 0.2) is 0 Å². The summed E-state index contributed by atoms with van der Waals surface area (Å²) < 4.78 is 0. The number of carbonyl (C=O) groups is 2. The number of piperazine rings is 1. The molecule has 0 spiro atoms. The molecule has 0 bridgehead atoms. The molecule has 15 heavy (non-hydrogen) atoms. The van der Waals surface area contributed by atoms with Gasteiger partial charge in [-0.3, -0.25) is 9.59 Å². The fraction of sp³-hybridized carbons (Fsp3) is 0.636. The smallest absolute Gasteiger partial charge is 0.245 e. The van der Waals surface area contributed by atoms with Crippen molar-refractivity contribution in [1.29, 1.82) is 0 Å². The average molecular weight is 208 g/mol. The number of amides is 2. The van der Waals surface area contributed by atoms with E-state index in [2.05, 4.69) is 11.2 Å². The molecular formula is C11H16N2O2. The van der Waals surface area contributed by atoms with Crippen LogP contribution in [0, 0.1) is 12.3 Å². The Morgan fingerprint density at radius 2 is 2.13 bits per heavy atom. The van der Waals surface area contributed by atoms with Crippen molar-refractivity contribution in [3.05, 3.63) is 0 Å². The molecule has 1 aliphatic rings. The quantitative estimate of drug-likeness (QED) is 0.656. The molecule has 1 N–H and O–H groups in total. The highest BCUT2D eigenvalue weighted by Gasteiger charge is 2.37. The molecule has 0 aromatic rings. The van der Waals surface area contributed by atoms with Crippen molar-refractivity contribution < 1.29 is 9.59 Å². The van der Waals surface area contributed by atoms with Crippen LogP contribution < -0.4 is 5.32 Å². The van der Waals surface area contributed by atoms with Crippen molar-refractivity contribution in [2.45, 2.75) is 45.3 Å². The number of nitrogens with one attached hydrogen (secondary N) is 1. The first-order chi connectivity index (χ1) is 6.99. The van der Waals surface area contributed by atoms with Crippen molar-refractivity contribution >= 4 is 11.8 Å². The van der Waals surface area contributed by atoms with E-state index >= 15 is 0 Å². The highest BCUT2D eigenvalue weighted by Crippen LogP contribution is 2.15. The Bertz CT molecular complexity index is 319. The second kappa shape index (κ2) is 4.35. The third kappa shape index (κ3) is 2.12. The summed E-state index contributed by atoms with van der Waals surface area (Å²) in [7, 11) is 0. The van der Waals surface area contributed by atoms with Crippen LogP contribution in [0.4, 0.5) is 0 Å². The molecule has 3 atom stereocenters. The summed E-state index contributed by atoms with van der Waals surface area (Å²) >= 11 is 0. The highest BCUT2D eigenvalue weighted by molar-refractivity contribution is 5.96. The lowest BCUT2D eigenvalue weighted by Crippen LogP contribution is -2.63. The topological polar surface area (TPSA) is 49.4 Å². The minimum atomic E-state index is -0.450. The van der Waals surface area contributed by atoms with Gasteiger partial charge >= 0.3 is 0 Å². The number of hydrogen-bond donors (Lipinski definition) is 1. The molecule has 0 aromatic carbocycles. The molecule has 1 fully saturated rings. The molecule has 1 saturated heterocycles. The lowest BCUT2D eigenvalue weighted by atomic mass is 10.1. The molecule has 1 aliphatic heterocycles. The first kappa shape index (κ1) is 11.6. The van der Waals surface area contributed by atoms with Crippen LogP contribution in [0.25, 0.3) is 0 Å². The minimum Gasteiger partial charge on any atom is -0.343 e. The molecule has 3 unspecified atom stereocenters. The Morgan fingerprint density at radius 1 is 1.53 bits per heavy atom. The molecule has 0 aromatic heterocycles. The Kier molecular flexibility index (Phi) is 3.35. The number of carbonyl (C=O) groups excluding carboxylic acids is 2. The van der Waals surface area contributed by atoms with Crippen LogP contribution in [-0.4, -0.2) is 34.8 Å².